The van der Waals surface area contributed by atoms with Crippen LogP contribution in [0.15, 0.2) is 53.3 Å². The average molecular weight is 264 g/mol. The van der Waals surface area contributed by atoms with E-state index in [0.717, 1.165) is 16.6 Å². The highest BCUT2D eigenvalue weighted by Crippen LogP contribution is 2.18. The molecule has 1 aromatic heterocycles. The van der Waals surface area contributed by atoms with Crippen molar-refractivity contribution in [3.8, 4) is 11.3 Å². The Morgan fingerprint density at radius 2 is 1.75 bits per heavy atom. The van der Waals surface area contributed by atoms with E-state index in [0.29, 0.717) is 12.2 Å². The van der Waals surface area contributed by atoms with Gasteiger partial charge in [0.1, 0.15) is 5.69 Å². The van der Waals surface area contributed by atoms with Crippen molar-refractivity contribution < 1.29 is 0 Å². The third-order valence-corrected chi connectivity index (χ3v) is 3.49. The number of fused-ring (bicyclic) bond motifs is 1. The van der Waals surface area contributed by atoms with Gasteiger partial charge in [0.15, 0.2) is 0 Å². The summed E-state index contributed by atoms with van der Waals surface area (Å²) in [5.41, 5.74) is 4.26. The Labute approximate surface area is 117 Å². The van der Waals surface area contributed by atoms with Crippen molar-refractivity contribution in [3.63, 3.8) is 0 Å². The van der Waals surface area contributed by atoms with Gasteiger partial charge in [-0.2, -0.15) is 0 Å². The number of para-hydroxylation sites is 2. The Kier molecular flexibility index (Phi) is 3.11. The highest BCUT2D eigenvalue weighted by Gasteiger charge is 2.11. The fourth-order valence-electron chi connectivity index (χ4n) is 2.41. The molecule has 0 atom stereocenters. The summed E-state index contributed by atoms with van der Waals surface area (Å²) in [5.74, 6) is 0. The molecule has 3 rings (SSSR count). The standard InChI is InChI=1S/C17H16N2O/c1-3-19-15-7-5-4-6-14(15)18-16(17(19)20)13-10-8-12(2)9-11-13/h4-11H,3H2,1-2H3. The summed E-state index contributed by atoms with van der Waals surface area (Å²) in [6.07, 6.45) is 0. The van der Waals surface area contributed by atoms with Crippen molar-refractivity contribution in [1.29, 1.82) is 0 Å². The van der Waals surface area contributed by atoms with E-state index in [9.17, 15) is 4.79 Å². The van der Waals surface area contributed by atoms with E-state index >= 15 is 0 Å². The molecule has 2 aromatic carbocycles. The Morgan fingerprint density at radius 1 is 1.05 bits per heavy atom. The smallest absolute Gasteiger partial charge is 0.277 e. The third-order valence-electron chi connectivity index (χ3n) is 3.49. The van der Waals surface area contributed by atoms with Crippen LogP contribution in [0.2, 0.25) is 0 Å². The number of nitrogens with zero attached hydrogens (tertiary/aromatic N) is 2. The van der Waals surface area contributed by atoms with Crippen LogP contribution >= 0.6 is 0 Å². The largest absolute Gasteiger partial charge is 0.305 e. The second-order valence-corrected chi connectivity index (χ2v) is 4.86. The lowest BCUT2D eigenvalue weighted by molar-refractivity contribution is 0.755. The van der Waals surface area contributed by atoms with Gasteiger partial charge in [0, 0.05) is 12.1 Å². The lowest BCUT2D eigenvalue weighted by atomic mass is 10.1. The quantitative estimate of drug-likeness (QED) is 0.711. The lowest BCUT2D eigenvalue weighted by Gasteiger charge is -2.10. The summed E-state index contributed by atoms with van der Waals surface area (Å²) in [7, 11) is 0. The van der Waals surface area contributed by atoms with E-state index in [-0.39, 0.29) is 5.56 Å². The number of aryl methyl sites for hydroxylation is 2. The zero-order valence-electron chi connectivity index (χ0n) is 11.6. The molecule has 0 unspecified atom stereocenters. The van der Waals surface area contributed by atoms with Gasteiger partial charge in [-0.05, 0) is 26.0 Å². The van der Waals surface area contributed by atoms with E-state index in [4.69, 9.17) is 0 Å². The predicted molar refractivity (Wildman–Crippen MR) is 81.9 cm³/mol. The van der Waals surface area contributed by atoms with Crippen LogP contribution in [-0.2, 0) is 6.54 Å². The van der Waals surface area contributed by atoms with Crippen LogP contribution in [0.5, 0.6) is 0 Å². The molecule has 0 aliphatic heterocycles. The van der Waals surface area contributed by atoms with Gasteiger partial charge in [0.25, 0.3) is 5.56 Å². The first-order valence-electron chi connectivity index (χ1n) is 6.77. The molecule has 0 bridgehead atoms. The van der Waals surface area contributed by atoms with Crippen molar-refractivity contribution in [3.05, 3.63) is 64.4 Å². The fourth-order valence-corrected chi connectivity index (χ4v) is 2.41. The molecule has 0 saturated carbocycles. The Balaban J connectivity index is 2.34. The van der Waals surface area contributed by atoms with Crippen molar-refractivity contribution in [2.24, 2.45) is 0 Å². The van der Waals surface area contributed by atoms with E-state index < -0.39 is 0 Å². The molecule has 1 heterocycles. The van der Waals surface area contributed by atoms with Crippen LogP contribution in [0.1, 0.15) is 12.5 Å². The minimum absolute atomic E-state index is 0.0324. The molecule has 0 spiro atoms. The van der Waals surface area contributed by atoms with Gasteiger partial charge >= 0.3 is 0 Å². The number of benzene rings is 2. The van der Waals surface area contributed by atoms with Gasteiger partial charge < -0.3 is 4.57 Å². The van der Waals surface area contributed by atoms with Gasteiger partial charge in [0.05, 0.1) is 11.0 Å². The van der Waals surface area contributed by atoms with Crippen LogP contribution in [0, 0.1) is 6.92 Å². The second kappa shape index (κ2) is 4.93. The van der Waals surface area contributed by atoms with Gasteiger partial charge in [-0.15, -0.1) is 0 Å². The number of aromatic nitrogens is 2. The Bertz CT molecular complexity index is 817. The monoisotopic (exact) mass is 264 g/mol. The van der Waals surface area contributed by atoms with Crippen molar-refractivity contribution in [2.45, 2.75) is 20.4 Å². The van der Waals surface area contributed by atoms with Crippen LogP contribution in [-0.4, -0.2) is 9.55 Å². The first-order valence-corrected chi connectivity index (χ1v) is 6.77. The van der Waals surface area contributed by atoms with E-state index in [2.05, 4.69) is 4.98 Å². The van der Waals surface area contributed by atoms with E-state index in [1.165, 1.54) is 5.56 Å². The molecule has 100 valence electrons. The first kappa shape index (κ1) is 12.6. The van der Waals surface area contributed by atoms with Gasteiger partial charge in [-0.1, -0.05) is 42.0 Å². The molecule has 3 nitrogen and oxygen atoms in total. The summed E-state index contributed by atoms with van der Waals surface area (Å²) in [4.78, 5) is 17.1. The fraction of sp³-hybridized carbons (Fsp3) is 0.176. The maximum atomic E-state index is 12.6. The normalized spacial score (nSPS) is 10.9. The minimum Gasteiger partial charge on any atom is -0.305 e. The molecule has 0 saturated heterocycles. The summed E-state index contributed by atoms with van der Waals surface area (Å²) >= 11 is 0. The topological polar surface area (TPSA) is 34.9 Å². The van der Waals surface area contributed by atoms with Crippen LogP contribution in [0.4, 0.5) is 0 Å². The van der Waals surface area contributed by atoms with Gasteiger partial charge in [0.2, 0.25) is 0 Å². The summed E-state index contributed by atoms with van der Waals surface area (Å²) in [5, 5.41) is 0. The highest BCUT2D eigenvalue weighted by atomic mass is 16.1. The number of hydrogen-bond donors (Lipinski definition) is 0. The van der Waals surface area contributed by atoms with Crippen molar-refractivity contribution in [1.82, 2.24) is 9.55 Å². The lowest BCUT2D eigenvalue weighted by Crippen LogP contribution is -2.22. The second-order valence-electron chi connectivity index (χ2n) is 4.86. The number of hydrogen-bond acceptors (Lipinski definition) is 2. The molecular weight excluding hydrogens is 248 g/mol. The van der Waals surface area contributed by atoms with Crippen molar-refractivity contribution >= 4 is 11.0 Å². The molecule has 3 aromatic rings. The summed E-state index contributed by atoms with van der Waals surface area (Å²) in [6, 6.07) is 15.7. The maximum Gasteiger partial charge on any atom is 0.277 e. The van der Waals surface area contributed by atoms with Crippen LogP contribution < -0.4 is 5.56 Å². The Hall–Kier alpha value is -2.42. The van der Waals surface area contributed by atoms with Gasteiger partial charge in [-0.3, -0.25) is 4.79 Å². The zero-order valence-corrected chi connectivity index (χ0v) is 11.6. The maximum absolute atomic E-state index is 12.6. The molecule has 0 radical (unpaired) electrons. The molecule has 0 N–H and O–H groups in total. The molecule has 0 amide bonds. The molecule has 20 heavy (non-hydrogen) atoms. The van der Waals surface area contributed by atoms with Crippen LogP contribution in [0.3, 0.4) is 0 Å². The average Bonchev–Trinajstić information content (AvgIpc) is 2.48. The third kappa shape index (κ3) is 2.01. The van der Waals surface area contributed by atoms with E-state index in [1.54, 1.807) is 4.57 Å². The number of rotatable bonds is 2. The summed E-state index contributed by atoms with van der Waals surface area (Å²) in [6.45, 7) is 4.65. The molecule has 0 aliphatic carbocycles. The Morgan fingerprint density at radius 3 is 2.45 bits per heavy atom. The zero-order chi connectivity index (χ0) is 14.1. The van der Waals surface area contributed by atoms with Gasteiger partial charge in [-0.25, -0.2) is 4.98 Å². The SMILES string of the molecule is CCn1c(=O)c(-c2ccc(C)cc2)nc2ccccc21. The molecule has 3 heteroatoms. The predicted octanol–water partition coefficient (Wildman–Crippen LogP) is 3.39. The molecular formula is C17H16N2O. The van der Waals surface area contributed by atoms with Crippen LogP contribution in [0.25, 0.3) is 22.3 Å². The molecule has 0 fully saturated rings. The first-order chi connectivity index (χ1) is 9.70. The van der Waals surface area contributed by atoms with Crippen molar-refractivity contribution in [2.75, 3.05) is 0 Å². The minimum atomic E-state index is -0.0324. The summed E-state index contributed by atoms with van der Waals surface area (Å²) < 4.78 is 1.78. The highest BCUT2D eigenvalue weighted by molar-refractivity contribution is 5.77. The molecule has 0 aliphatic rings. The van der Waals surface area contributed by atoms with E-state index in [1.807, 2.05) is 62.4 Å².